The van der Waals surface area contributed by atoms with Crippen LogP contribution in [-0.4, -0.2) is 40.6 Å². The van der Waals surface area contributed by atoms with E-state index in [4.69, 9.17) is 0 Å². The van der Waals surface area contributed by atoms with Crippen molar-refractivity contribution in [2.75, 3.05) is 18.4 Å². The Bertz CT molecular complexity index is 859. The van der Waals surface area contributed by atoms with Gasteiger partial charge in [0.2, 0.25) is 5.67 Å². The number of carbonyl (C=O) groups is 2. The Labute approximate surface area is 164 Å². The number of carbonyl (C=O) groups excluding carboxylic acids is 2. The number of anilines is 1. The third-order valence-electron chi connectivity index (χ3n) is 5.10. The second-order valence-electron chi connectivity index (χ2n) is 7.26. The summed E-state index contributed by atoms with van der Waals surface area (Å²) in [5, 5.41) is 5.43. The van der Waals surface area contributed by atoms with Crippen molar-refractivity contribution < 1.29 is 14.0 Å². The first-order chi connectivity index (χ1) is 13.4. The molecular formula is C21H25FN4O2. The molecule has 6 nitrogen and oxygen atoms in total. The zero-order chi connectivity index (χ0) is 20.1. The van der Waals surface area contributed by atoms with Crippen LogP contribution in [0, 0.1) is 13.8 Å². The molecule has 2 aromatic rings. The molecule has 1 aromatic carbocycles. The zero-order valence-corrected chi connectivity index (χ0v) is 16.2. The van der Waals surface area contributed by atoms with E-state index < -0.39 is 17.6 Å². The highest BCUT2D eigenvalue weighted by molar-refractivity contribution is 5.91. The predicted molar refractivity (Wildman–Crippen MR) is 106 cm³/mol. The van der Waals surface area contributed by atoms with E-state index in [1.165, 1.54) is 4.90 Å². The molecule has 0 aliphatic carbocycles. The molecule has 3 amide bonds. The van der Waals surface area contributed by atoms with Gasteiger partial charge in [-0.15, -0.1) is 0 Å². The largest absolute Gasteiger partial charge is 0.349 e. The number of alkyl halides is 1. The number of aryl methyl sites for hydroxylation is 2. The number of hydrogen-bond acceptors (Lipinski definition) is 3. The Kier molecular flexibility index (Phi) is 5.92. The Hall–Kier alpha value is -2.96. The summed E-state index contributed by atoms with van der Waals surface area (Å²) in [5.41, 5.74) is 1.60. The van der Waals surface area contributed by atoms with Gasteiger partial charge in [-0.05, 0) is 67.6 Å². The number of amides is 3. The van der Waals surface area contributed by atoms with Crippen LogP contribution in [0.2, 0.25) is 0 Å². The first kappa shape index (κ1) is 19.8. The van der Waals surface area contributed by atoms with E-state index in [0.717, 1.165) is 16.7 Å². The highest BCUT2D eigenvalue weighted by Gasteiger charge is 2.43. The molecule has 0 bridgehead atoms. The summed E-state index contributed by atoms with van der Waals surface area (Å²) < 4.78 is 15.3. The monoisotopic (exact) mass is 384 g/mol. The van der Waals surface area contributed by atoms with Crippen LogP contribution in [0.25, 0.3) is 0 Å². The Morgan fingerprint density at radius 2 is 1.93 bits per heavy atom. The Morgan fingerprint density at radius 1 is 1.18 bits per heavy atom. The molecule has 0 saturated carbocycles. The molecule has 0 radical (unpaired) electrons. The third kappa shape index (κ3) is 4.65. The predicted octanol–water partition coefficient (Wildman–Crippen LogP) is 3.35. The Balaban J connectivity index is 1.60. The average molecular weight is 384 g/mol. The first-order valence-corrected chi connectivity index (χ1v) is 9.37. The van der Waals surface area contributed by atoms with Gasteiger partial charge in [0.25, 0.3) is 5.91 Å². The van der Waals surface area contributed by atoms with Crippen molar-refractivity contribution in [3.05, 3.63) is 59.4 Å². The summed E-state index contributed by atoms with van der Waals surface area (Å²) in [7, 11) is 0. The molecule has 1 aromatic heterocycles. The van der Waals surface area contributed by atoms with E-state index in [1.807, 2.05) is 32.0 Å². The van der Waals surface area contributed by atoms with Crippen molar-refractivity contribution in [1.82, 2.24) is 15.2 Å². The maximum atomic E-state index is 15.3. The number of nitrogens with zero attached hydrogens (tertiary/aromatic N) is 2. The molecule has 7 heteroatoms. The lowest BCUT2D eigenvalue weighted by atomic mass is 9.93. The van der Waals surface area contributed by atoms with Crippen molar-refractivity contribution >= 4 is 17.6 Å². The van der Waals surface area contributed by atoms with Crippen LogP contribution in [0.4, 0.5) is 14.9 Å². The summed E-state index contributed by atoms with van der Waals surface area (Å²) in [6.07, 6.45) is 3.76. The zero-order valence-electron chi connectivity index (χ0n) is 16.2. The van der Waals surface area contributed by atoms with Crippen molar-refractivity contribution in [2.24, 2.45) is 0 Å². The minimum absolute atomic E-state index is 0.0998. The molecule has 1 unspecified atom stereocenters. The van der Waals surface area contributed by atoms with Crippen LogP contribution in [0.1, 0.15) is 29.5 Å². The Morgan fingerprint density at radius 3 is 2.64 bits per heavy atom. The van der Waals surface area contributed by atoms with E-state index in [0.29, 0.717) is 18.7 Å². The van der Waals surface area contributed by atoms with Crippen LogP contribution in [0.5, 0.6) is 0 Å². The smallest absolute Gasteiger partial charge is 0.321 e. The normalized spacial score (nSPS) is 19.2. The molecule has 1 aliphatic rings. The molecule has 148 valence electrons. The summed E-state index contributed by atoms with van der Waals surface area (Å²) >= 11 is 0. The number of urea groups is 1. The first-order valence-electron chi connectivity index (χ1n) is 9.37. The molecule has 1 aliphatic heterocycles. The lowest BCUT2D eigenvalue weighted by Crippen LogP contribution is -2.56. The van der Waals surface area contributed by atoms with Crippen molar-refractivity contribution in [3.63, 3.8) is 0 Å². The molecule has 1 saturated heterocycles. The summed E-state index contributed by atoms with van der Waals surface area (Å²) in [6.45, 7) is 4.34. The van der Waals surface area contributed by atoms with E-state index in [9.17, 15) is 9.59 Å². The van der Waals surface area contributed by atoms with Gasteiger partial charge in [0, 0.05) is 31.2 Å². The van der Waals surface area contributed by atoms with E-state index in [1.54, 1.807) is 24.5 Å². The number of pyridine rings is 1. The third-order valence-corrected chi connectivity index (χ3v) is 5.10. The second-order valence-corrected chi connectivity index (χ2v) is 7.26. The minimum atomic E-state index is -2.09. The maximum Gasteiger partial charge on any atom is 0.321 e. The van der Waals surface area contributed by atoms with E-state index in [2.05, 4.69) is 15.6 Å². The van der Waals surface area contributed by atoms with Gasteiger partial charge in [-0.3, -0.25) is 9.78 Å². The SMILES string of the molecule is Cc1ccc(NC(=O)N2CCCC(F)(C(=O)NCc3ccncc3)C2)cc1C. The number of benzene rings is 1. The number of piperidine rings is 1. The summed E-state index contributed by atoms with van der Waals surface area (Å²) in [4.78, 5) is 30.3. The van der Waals surface area contributed by atoms with Crippen LogP contribution in [-0.2, 0) is 11.3 Å². The minimum Gasteiger partial charge on any atom is -0.349 e. The van der Waals surface area contributed by atoms with Crippen LogP contribution in [0.15, 0.2) is 42.7 Å². The summed E-state index contributed by atoms with van der Waals surface area (Å²) in [6, 6.07) is 8.74. The van der Waals surface area contributed by atoms with Crippen LogP contribution < -0.4 is 10.6 Å². The molecule has 3 rings (SSSR count). The van der Waals surface area contributed by atoms with Gasteiger partial charge >= 0.3 is 6.03 Å². The quantitative estimate of drug-likeness (QED) is 0.849. The van der Waals surface area contributed by atoms with Gasteiger partial charge in [0.1, 0.15) is 0 Å². The molecule has 1 atom stereocenters. The maximum absolute atomic E-state index is 15.3. The van der Waals surface area contributed by atoms with Gasteiger partial charge in [-0.2, -0.15) is 0 Å². The van der Waals surface area contributed by atoms with Crippen molar-refractivity contribution in [1.29, 1.82) is 0 Å². The average Bonchev–Trinajstić information content (AvgIpc) is 2.69. The molecule has 0 spiro atoms. The molecule has 28 heavy (non-hydrogen) atoms. The number of aromatic nitrogens is 1. The number of rotatable bonds is 4. The second kappa shape index (κ2) is 8.37. The number of hydrogen-bond donors (Lipinski definition) is 2. The number of nitrogens with one attached hydrogen (secondary N) is 2. The van der Waals surface area contributed by atoms with Gasteiger partial charge in [0.05, 0.1) is 6.54 Å². The van der Waals surface area contributed by atoms with Gasteiger partial charge < -0.3 is 15.5 Å². The molecular weight excluding hydrogens is 359 g/mol. The van der Waals surface area contributed by atoms with Crippen molar-refractivity contribution in [3.8, 4) is 0 Å². The highest BCUT2D eigenvalue weighted by Crippen LogP contribution is 2.26. The lowest BCUT2D eigenvalue weighted by Gasteiger charge is -2.36. The fourth-order valence-electron chi connectivity index (χ4n) is 3.23. The van der Waals surface area contributed by atoms with E-state index >= 15 is 4.39 Å². The van der Waals surface area contributed by atoms with Crippen LogP contribution in [0.3, 0.4) is 0 Å². The topological polar surface area (TPSA) is 74.3 Å². The molecule has 2 N–H and O–H groups in total. The highest BCUT2D eigenvalue weighted by atomic mass is 19.1. The lowest BCUT2D eigenvalue weighted by molar-refractivity contribution is -0.135. The van der Waals surface area contributed by atoms with Gasteiger partial charge in [0.15, 0.2) is 0 Å². The number of likely N-dealkylation sites (tertiary alicyclic amines) is 1. The van der Waals surface area contributed by atoms with E-state index in [-0.39, 0.29) is 19.5 Å². The molecule has 1 fully saturated rings. The van der Waals surface area contributed by atoms with Gasteiger partial charge in [-0.1, -0.05) is 6.07 Å². The van der Waals surface area contributed by atoms with Crippen molar-refractivity contribution in [2.45, 2.75) is 38.9 Å². The van der Waals surface area contributed by atoms with Gasteiger partial charge in [-0.25, -0.2) is 9.18 Å². The standard InChI is InChI=1S/C21H25FN4O2/c1-15-4-5-18(12-16(15)2)25-20(28)26-11-3-8-21(22,14-26)19(27)24-13-17-6-9-23-10-7-17/h4-7,9-10,12H,3,8,11,13-14H2,1-2H3,(H,24,27)(H,25,28). The summed E-state index contributed by atoms with van der Waals surface area (Å²) in [5.74, 6) is -0.687. The number of halogens is 1. The fourth-order valence-corrected chi connectivity index (χ4v) is 3.23. The fraction of sp³-hybridized carbons (Fsp3) is 0.381. The molecule has 2 heterocycles. The van der Waals surface area contributed by atoms with Crippen LogP contribution >= 0.6 is 0 Å².